The van der Waals surface area contributed by atoms with E-state index < -0.39 is 0 Å². The molecule has 0 heterocycles. The van der Waals surface area contributed by atoms with Crippen LogP contribution in [0.2, 0.25) is 0 Å². The fourth-order valence-electron chi connectivity index (χ4n) is 3.61. The Hall–Kier alpha value is -0.590. The summed E-state index contributed by atoms with van der Waals surface area (Å²) in [4.78, 5) is 11.2. The van der Waals surface area contributed by atoms with E-state index in [9.17, 15) is 4.79 Å². The van der Waals surface area contributed by atoms with Gasteiger partial charge in [-0.3, -0.25) is 4.79 Å². The van der Waals surface area contributed by atoms with Crippen LogP contribution >= 0.6 is 0 Å². The van der Waals surface area contributed by atoms with Crippen molar-refractivity contribution in [2.75, 3.05) is 0 Å². The number of allylic oxidation sites excluding steroid dienone is 2. The minimum absolute atomic E-state index is 0.437. The number of carbonyl (C=O) groups is 1. The third-order valence-corrected chi connectivity index (χ3v) is 4.87. The van der Waals surface area contributed by atoms with E-state index in [0.29, 0.717) is 12.2 Å². The van der Waals surface area contributed by atoms with Crippen molar-refractivity contribution in [1.29, 1.82) is 0 Å². The predicted molar refractivity (Wildman–Crippen MR) is 76.5 cm³/mol. The minimum atomic E-state index is 0.437. The molecule has 1 heteroatoms. The van der Waals surface area contributed by atoms with Crippen molar-refractivity contribution in [2.45, 2.75) is 77.6 Å². The molecule has 0 N–H and O–H groups in total. The standard InChI is InChI=1S/C17H28O/c1-2-3-4-5-14-6-8-15(9-7-14)16-10-12-17(18)13-11-16/h10,14-15H,2-9,11-13H2,1H3. The summed E-state index contributed by atoms with van der Waals surface area (Å²) >= 11 is 0. The third-order valence-electron chi connectivity index (χ3n) is 4.87. The monoisotopic (exact) mass is 248 g/mol. The van der Waals surface area contributed by atoms with Crippen LogP contribution in [0.1, 0.15) is 77.6 Å². The minimum Gasteiger partial charge on any atom is -0.299 e. The van der Waals surface area contributed by atoms with Gasteiger partial charge in [-0.15, -0.1) is 0 Å². The van der Waals surface area contributed by atoms with Gasteiger partial charge in [0.1, 0.15) is 5.78 Å². The Morgan fingerprint density at radius 1 is 1.11 bits per heavy atom. The fraction of sp³-hybridized carbons (Fsp3) is 0.824. The normalized spacial score (nSPS) is 29.2. The van der Waals surface area contributed by atoms with Gasteiger partial charge in [-0.2, -0.15) is 0 Å². The van der Waals surface area contributed by atoms with Crippen molar-refractivity contribution < 1.29 is 4.79 Å². The van der Waals surface area contributed by atoms with Crippen LogP contribution in [0.3, 0.4) is 0 Å². The van der Waals surface area contributed by atoms with Gasteiger partial charge < -0.3 is 0 Å². The molecule has 1 nitrogen and oxygen atoms in total. The first-order valence-electron chi connectivity index (χ1n) is 8.00. The Morgan fingerprint density at radius 2 is 1.89 bits per heavy atom. The van der Waals surface area contributed by atoms with Crippen LogP contribution in [0, 0.1) is 11.8 Å². The summed E-state index contributed by atoms with van der Waals surface area (Å²) in [5, 5.41) is 0. The zero-order valence-electron chi connectivity index (χ0n) is 11.9. The van der Waals surface area contributed by atoms with Crippen LogP contribution in [0.25, 0.3) is 0 Å². The van der Waals surface area contributed by atoms with Gasteiger partial charge in [0.2, 0.25) is 0 Å². The van der Waals surface area contributed by atoms with Crippen LogP contribution in [0.4, 0.5) is 0 Å². The van der Waals surface area contributed by atoms with E-state index in [1.807, 2.05) is 0 Å². The molecule has 0 aliphatic heterocycles. The summed E-state index contributed by atoms with van der Waals surface area (Å²) in [6.45, 7) is 2.29. The number of hydrogen-bond donors (Lipinski definition) is 0. The molecule has 0 unspecified atom stereocenters. The van der Waals surface area contributed by atoms with E-state index in [-0.39, 0.29) is 0 Å². The van der Waals surface area contributed by atoms with Crippen molar-refractivity contribution in [3.63, 3.8) is 0 Å². The van der Waals surface area contributed by atoms with E-state index >= 15 is 0 Å². The Balaban J connectivity index is 1.71. The van der Waals surface area contributed by atoms with Crippen LogP contribution in [0.5, 0.6) is 0 Å². The first-order chi connectivity index (χ1) is 8.79. The molecule has 18 heavy (non-hydrogen) atoms. The molecule has 0 bridgehead atoms. The molecule has 0 amide bonds. The number of carbonyl (C=O) groups excluding carboxylic acids is 1. The van der Waals surface area contributed by atoms with Crippen molar-refractivity contribution in [3.8, 4) is 0 Å². The lowest BCUT2D eigenvalue weighted by atomic mass is 9.74. The molecule has 0 aromatic carbocycles. The number of ketones is 1. The van der Waals surface area contributed by atoms with Crippen molar-refractivity contribution in [2.24, 2.45) is 11.8 Å². The largest absolute Gasteiger partial charge is 0.299 e. The zero-order valence-corrected chi connectivity index (χ0v) is 11.9. The number of hydrogen-bond acceptors (Lipinski definition) is 1. The second kappa shape index (κ2) is 7.11. The van der Waals surface area contributed by atoms with Gasteiger partial charge in [-0.25, -0.2) is 0 Å². The summed E-state index contributed by atoms with van der Waals surface area (Å²) in [7, 11) is 0. The Labute approximate surface area is 112 Å². The third kappa shape index (κ3) is 3.96. The molecule has 2 aliphatic rings. The average molecular weight is 248 g/mol. The van der Waals surface area contributed by atoms with E-state index in [2.05, 4.69) is 13.0 Å². The highest BCUT2D eigenvalue weighted by Gasteiger charge is 2.24. The predicted octanol–water partition coefficient (Wildman–Crippen LogP) is 5.05. The highest BCUT2D eigenvalue weighted by atomic mass is 16.1. The molecule has 102 valence electrons. The van der Waals surface area contributed by atoms with Crippen molar-refractivity contribution >= 4 is 5.78 Å². The highest BCUT2D eigenvalue weighted by Crippen LogP contribution is 2.38. The Bertz CT molecular complexity index is 295. The van der Waals surface area contributed by atoms with Gasteiger partial charge >= 0.3 is 0 Å². The Morgan fingerprint density at radius 3 is 2.50 bits per heavy atom. The van der Waals surface area contributed by atoms with Crippen LogP contribution in [0.15, 0.2) is 11.6 Å². The molecule has 0 aromatic rings. The van der Waals surface area contributed by atoms with Crippen LogP contribution < -0.4 is 0 Å². The molecule has 0 radical (unpaired) electrons. The van der Waals surface area contributed by atoms with Crippen LogP contribution in [-0.4, -0.2) is 5.78 Å². The second-order valence-electron chi connectivity index (χ2n) is 6.24. The van der Waals surface area contributed by atoms with Gasteiger partial charge in [0.05, 0.1) is 0 Å². The molecule has 1 fully saturated rings. The summed E-state index contributed by atoms with van der Waals surface area (Å²) in [6, 6.07) is 0. The molecule has 0 atom stereocenters. The first-order valence-corrected chi connectivity index (χ1v) is 8.00. The number of Topliss-reactive ketones (excluding diaryl/α,β-unsaturated/α-hetero) is 1. The molecule has 0 aromatic heterocycles. The maximum Gasteiger partial charge on any atom is 0.136 e. The fourth-order valence-corrected chi connectivity index (χ4v) is 3.61. The maximum atomic E-state index is 11.2. The summed E-state index contributed by atoms with van der Waals surface area (Å²) < 4.78 is 0. The molecule has 0 saturated heterocycles. The highest BCUT2D eigenvalue weighted by molar-refractivity contribution is 5.81. The summed E-state index contributed by atoms with van der Waals surface area (Å²) in [5.74, 6) is 2.26. The van der Waals surface area contributed by atoms with Gasteiger partial charge in [-0.05, 0) is 43.9 Å². The second-order valence-corrected chi connectivity index (χ2v) is 6.24. The van der Waals surface area contributed by atoms with E-state index in [1.54, 1.807) is 5.57 Å². The molecule has 2 rings (SSSR count). The first kappa shape index (κ1) is 13.8. The smallest absolute Gasteiger partial charge is 0.136 e. The topological polar surface area (TPSA) is 17.1 Å². The van der Waals surface area contributed by atoms with E-state index in [4.69, 9.17) is 0 Å². The number of unbranched alkanes of at least 4 members (excludes halogenated alkanes) is 2. The maximum absolute atomic E-state index is 11.2. The van der Waals surface area contributed by atoms with Gasteiger partial charge in [0.25, 0.3) is 0 Å². The lowest BCUT2D eigenvalue weighted by Crippen LogP contribution is -2.18. The summed E-state index contributed by atoms with van der Waals surface area (Å²) in [5.41, 5.74) is 1.61. The zero-order chi connectivity index (χ0) is 12.8. The lowest BCUT2D eigenvalue weighted by molar-refractivity contribution is -0.118. The summed E-state index contributed by atoms with van der Waals surface area (Å²) in [6.07, 6.45) is 16.1. The molecule has 2 aliphatic carbocycles. The van der Waals surface area contributed by atoms with Crippen molar-refractivity contribution in [1.82, 2.24) is 0 Å². The van der Waals surface area contributed by atoms with Crippen molar-refractivity contribution in [3.05, 3.63) is 11.6 Å². The van der Waals surface area contributed by atoms with Gasteiger partial charge in [0.15, 0.2) is 0 Å². The van der Waals surface area contributed by atoms with Gasteiger partial charge in [-0.1, -0.05) is 44.3 Å². The lowest BCUT2D eigenvalue weighted by Gasteiger charge is -2.31. The molecular formula is C17H28O. The molecular weight excluding hydrogens is 220 g/mol. The van der Waals surface area contributed by atoms with Gasteiger partial charge in [0, 0.05) is 12.8 Å². The quantitative estimate of drug-likeness (QED) is 0.491. The molecule has 0 spiro atoms. The van der Waals surface area contributed by atoms with E-state index in [1.165, 1.54) is 51.4 Å². The molecule has 1 saturated carbocycles. The Kier molecular flexibility index (Phi) is 5.46. The number of rotatable bonds is 5. The van der Waals surface area contributed by atoms with Crippen LogP contribution in [-0.2, 0) is 4.79 Å². The van der Waals surface area contributed by atoms with E-state index in [0.717, 1.165) is 24.7 Å². The average Bonchev–Trinajstić information content (AvgIpc) is 2.41. The SMILES string of the molecule is CCCCCC1CCC(C2=CCC(=O)CC2)CC1.